The summed E-state index contributed by atoms with van der Waals surface area (Å²) in [6.45, 7) is 0. The lowest BCUT2D eigenvalue weighted by Gasteiger charge is -2.07. The van der Waals surface area contributed by atoms with E-state index in [2.05, 4.69) is 9.72 Å². The molecule has 0 aliphatic carbocycles. The van der Waals surface area contributed by atoms with Gasteiger partial charge in [-0.05, 0) is 35.9 Å². The average Bonchev–Trinajstić information content (AvgIpc) is 2.47. The second-order valence-electron chi connectivity index (χ2n) is 3.92. The van der Waals surface area contributed by atoms with Gasteiger partial charge in [0.2, 0.25) is 0 Å². The van der Waals surface area contributed by atoms with Crippen molar-refractivity contribution < 1.29 is 19.4 Å². The van der Waals surface area contributed by atoms with Gasteiger partial charge >= 0.3 is 11.9 Å². The maximum absolute atomic E-state index is 11.5. The molecule has 0 radical (unpaired) electrons. The number of ether oxygens (including phenoxy) is 1. The van der Waals surface area contributed by atoms with E-state index < -0.39 is 11.9 Å². The van der Waals surface area contributed by atoms with Crippen LogP contribution in [-0.2, 0) is 4.74 Å². The summed E-state index contributed by atoms with van der Waals surface area (Å²) < 4.78 is 4.64. The van der Waals surface area contributed by atoms with Gasteiger partial charge in [0.25, 0.3) is 0 Å². The molecule has 0 unspecified atom stereocenters. The number of nitrogens with zero attached hydrogens (tertiary/aromatic N) is 1. The first-order chi connectivity index (χ1) is 9.52. The van der Waals surface area contributed by atoms with Crippen LogP contribution >= 0.6 is 11.6 Å². The third-order valence-electron chi connectivity index (χ3n) is 2.68. The molecule has 102 valence electrons. The molecule has 0 amide bonds. The zero-order chi connectivity index (χ0) is 14.7. The van der Waals surface area contributed by atoms with E-state index in [1.54, 1.807) is 18.2 Å². The molecule has 1 N–H and O–H groups in total. The fourth-order valence-corrected chi connectivity index (χ4v) is 1.93. The standard InChI is InChI=1S/C14H10ClNO4/c1-20-14(19)9-2-3-11(15)10(6-9)8-4-5-16-12(7-8)13(17)18/h2-7H,1H3,(H,17,18). The molecule has 2 aromatic rings. The Kier molecular flexibility index (Phi) is 4.00. The highest BCUT2D eigenvalue weighted by molar-refractivity contribution is 6.33. The van der Waals surface area contributed by atoms with Gasteiger partial charge in [-0.1, -0.05) is 11.6 Å². The monoisotopic (exact) mass is 291 g/mol. The minimum Gasteiger partial charge on any atom is -0.477 e. The van der Waals surface area contributed by atoms with Crippen molar-refractivity contribution in [3.8, 4) is 11.1 Å². The van der Waals surface area contributed by atoms with Crippen LogP contribution in [0.4, 0.5) is 0 Å². The van der Waals surface area contributed by atoms with Gasteiger partial charge in [0.15, 0.2) is 0 Å². The molecule has 0 aliphatic rings. The number of carbonyl (C=O) groups is 2. The van der Waals surface area contributed by atoms with Crippen molar-refractivity contribution in [2.75, 3.05) is 7.11 Å². The summed E-state index contributed by atoms with van der Waals surface area (Å²) >= 11 is 6.09. The predicted molar refractivity (Wildman–Crippen MR) is 73.0 cm³/mol. The van der Waals surface area contributed by atoms with Crippen molar-refractivity contribution in [1.29, 1.82) is 0 Å². The van der Waals surface area contributed by atoms with E-state index in [0.29, 0.717) is 21.7 Å². The van der Waals surface area contributed by atoms with Crippen LogP contribution < -0.4 is 0 Å². The van der Waals surface area contributed by atoms with E-state index >= 15 is 0 Å². The fraction of sp³-hybridized carbons (Fsp3) is 0.0714. The highest BCUT2D eigenvalue weighted by atomic mass is 35.5. The normalized spacial score (nSPS) is 10.1. The molecule has 0 fully saturated rings. The van der Waals surface area contributed by atoms with Gasteiger partial charge in [-0.2, -0.15) is 0 Å². The van der Waals surface area contributed by atoms with Crippen molar-refractivity contribution in [3.05, 3.63) is 52.8 Å². The van der Waals surface area contributed by atoms with Gasteiger partial charge in [-0.25, -0.2) is 14.6 Å². The van der Waals surface area contributed by atoms with E-state index in [4.69, 9.17) is 16.7 Å². The number of halogens is 1. The summed E-state index contributed by atoms with van der Waals surface area (Å²) in [7, 11) is 1.28. The Morgan fingerprint density at radius 1 is 1.25 bits per heavy atom. The molecule has 0 bridgehead atoms. The molecule has 0 saturated heterocycles. The zero-order valence-corrected chi connectivity index (χ0v) is 11.2. The molecular formula is C14H10ClNO4. The van der Waals surface area contributed by atoms with Crippen molar-refractivity contribution in [1.82, 2.24) is 4.98 Å². The molecule has 6 heteroatoms. The first kappa shape index (κ1) is 14.0. The summed E-state index contributed by atoms with van der Waals surface area (Å²) in [5, 5.41) is 9.34. The SMILES string of the molecule is COC(=O)c1ccc(Cl)c(-c2ccnc(C(=O)O)c2)c1. The van der Waals surface area contributed by atoms with Crippen LogP contribution in [0.15, 0.2) is 36.5 Å². The second-order valence-corrected chi connectivity index (χ2v) is 4.33. The van der Waals surface area contributed by atoms with Crippen LogP contribution in [-0.4, -0.2) is 29.1 Å². The number of carboxylic acids is 1. The van der Waals surface area contributed by atoms with Crippen molar-refractivity contribution in [3.63, 3.8) is 0 Å². The zero-order valence-electron chi connectivity index (χ0n) is 10.5. The van der Waals surface area contributed by atoms with Gasteiger partial charge < -0.3 is 9.84 Å². The number of hydrogen-bond donors (Lipinski definition) is 1. The Labute approximate surface area is 119 Å². The molecule has 1 heterocycles. The number of methoxy groups -OCH3 is 1. The summed E-state index contributed by atoms with van der Waals surface area (Å²) in [6.07, 6.45) is 1.37. The fourth-order valence-electron chi connectivity index (χ4n) is 1.71. The Bertz CT molecular complexity index is 685. The Balaban J connectivity index is 2.54. The van der Waals surface area contributed by atoms with Gasteiger partial charge in [-0.15, -0.1) is 0 Å². The van der Waals surface area contributed by atoms with Gasteiger partial charge in [-0.3, -0.25) is 0 Å². The number of aromatic nitrogens is 1. The highest BCUT2D eigenvalue weighted by Gasteiger charge is 2.12. The third kappa shape index (κ3) is 2.78. The van der Waals surface area contributed by atoms with E-state index in [1.165, 1.54) is 25.4 Å². The maximum atomic E-state index is 11.5. The van der Waals surface area contributed by atoms with Crippen LogP contribution in [0.25, 0.3) is 11.1 Å². The summed E-state index contributed by atoms with van der Waals surface area (Å²) in [4.78, 5) is 26.2. The van der Waals surface area contributed by atoms with E-state index in [0.717, 1.165) is 0 Å². The quantitative estimate of drug-likeness (QED) is 0.880. The number of hydrogen-bond acceptors (Lipinski definition) is 4. The topological polar surface area (TPSA) is 76.5 Å². The van der Waals surface area contributed by atoms with Crippen molar-refractivity contribution >= 4 is 23.5 Å². The summed E-state index contributed by atoms with van der Waals surface area (Å²) in [6, 6.07) is 7.66. The first-order valence-electron chi connectivity index (χ1n) is 5.60. The van der Waals surface area contributed by atoms with Crippen LogP contribution in [0.3, 0.4) is 0 Å². The number of esters is 1. The van der Waals surface area contributed by atoms with E-state index in [9.17, 15) is 9.59 Å². The minimum absolute atomic E-state index is 0.0953. The van der Waals surface area contributed by atoms with Crippen LogP contribution in [0.5, 0.6) is 0 Å². The first-order valence-corrected chi connectivity index (χ1v) is 5.98. The minimum atomic E-state index is -1.13. The molecular weight excluding hydrogens is 282 g/mol. The lowest BCUT2D eigenvalue weighted by atomic mass is 10.0. The molecule has 0 atom stereocenters. The number of carbonyl (C=O) groups excluding carboxylic acids is 1. The molecule has 2 rings (SSSR count). The molecule has 1 aromatic heterocycles. The molecule has 1 aromatic carbocycles. The molecule has 0 spiro atoms. The lowest BCUT2D eigenvalue weighted by Crippen LogP contribution is -2.02. The number of aromatic carboxylic acids is 1. The Morgan fingerprint density at radius 3 is 2.65 bits per heavy atom. The van der Waals surface area contributed by atoms with Gasteiger partial charge in [0.05, 0.1) is 12.7 Å². The number of rotatable bonds is 3. The maximum Gasteiger partial charge on any atom is 0.354 e. The van der Waals surface area contributed by atoms with Gasteiger partial charge in [0.1, 0.15) is 5.69 Å². The Morgan fingerprint density at radius 2 is 2.00 bits per heavy atom. The Hall–Kier alpha value is -2.40. The van der Waals surface area contributed by atoms with Crippen molar-refractivity contribution in [2.45, 2.75) is 0 Å². The number of carboxylic acid groups (broad SMARTS) is 1. The molecule has 0 saturated carbocycles. The van der Waals surface area contributed by atoms with E-state index in [-0.39, 0.29) is 5.69 Å². The third-order valence-corrected chi connectivity index (χ3v) is 3.01. The number of benzene rings is 1. The van der Waals surface area contributed by atoms with Gasteiger partial charge in [0, 0.05) is 16.8 Å². The second kappa shape index (κ2) is 5.71. The predicted octanol–water partition coefficient (Wildman–Crippen LogP) is 2.89. The molecule has 0 aliphatic heterocycles. The van der Waals surface area contributed by atoms with E-state index in [1.807, 2.05) is 0 Å². The number of pyridine rings is 1. The summed E-state index contributed by atoms with van der Waals surface area (Å²) in [5.74, 6) is -1.62. The largest absolute Gasteiger partial charge is 0.477 e. The molecule has 5 nitrogen and oxygen atoms in total. The average molecular weight is 292 g/mol. The molecule has 20 heavy (non-hydrogen) atoms. The van der Waals surface area contributed by atoms with Crippen molar-refractivity contribution in [2.24, 2.45) is 0 Å². The highest BCUT2D eigenvalue weighted by Crippen LogP contribution is 2.29. The van der Waals surface area contributed by atoms with Crippen LogP contribution in [0.1, 0.15) is 20.8 Å². The summed E-state index contributed by atoms with van der Waals surface area (Å²) in [5.41, 5.74) is 1.34. The van der Waals surface area contributed by atoms with Crippen LogP contribution in [0.2, 0.25) is 5.02 Å². The van der Waals surface area contributed by atoms with Crippen LogP contribution in [0, 0.1) is 0 Å². The lowest BCUT2D eigenvalue weighted by molar-refractivity contribution is 0.0599. The smallest absolute Gasteiger partial charge is 0.354 e.